The summed E-state index contributed by atoms with van der Waals surface area (Å²) in [7, 11) is 0. The molecule has 0 aliphatic carbocycles. The van der Waals surface area contributed by atoms with Gasteiger partial charge in [-0.1, -0.05) is 0 Å². The molecule has 0 amide bonds. The smallest absolute Gasteiger partial charge is 0.277 e. The second-order valence-electron chi connectivity index (χ2n) is 4.53. The summed E-state index contributed by atoms with van der Waals surface area (Å²) in [5, 5.41) is 14.0. The van der Waals surface area contributed by atoms with E-state index >= 15 is 0 Å². The fourth-order valence-corrected chi connectivity index (χ4v) is 2.38. The molecule has 5 nitrogen and oxygen atoms in total. The lowest BCUT2D eigenvalue weighted by molar-refractivity contribution is -0.386. The minimum Gasteiger partial charge on any atom is -0.314 e. The Morgan fingerprint density at radius 2 is 1.95 bits per heavy atom. The molecule has 0 aromatic heterocycles. The second-order valence-corrected chi connectivity index (χ2v) is 4.53. The summed E-state index contributed by atoms with van der Waals surface area (Å²) in [6.07, 6.45) is -2.78. The van der Waals surface area contributed by atoms with Gasteiger partial charge in [0, 0.05) is 26.2 Å². The predicted octanol–water partition coefficient (Wildman–Crippen LogP) is 1.95. The van der Waals surface area contributed by atoms with Gasteiger partial charge < -0.3 is 5.32 Å². The lowest BCUT2D eigenvalue weighted by Crippen LogP contribution is -2.47. The van der Waals surface area contributed by atoms with Gasteiger partial charge in [0.25, 0.3) is 12.1 Å². The Hall–Kier alpha value is -1.67. The first-order valence-corrected chi connectivity index (χ1v) is 6.17. The van der Waals surface area contributed by atoms with E-state index < -0.39 is 28.9 Å². The van der Waals surface area contributed by atoms with Gasteiger partial charge >= 0.3 is 0 Å². The topological polar surface area (TPSA) is 58.4 Å². The van der Waals surface area contributed by atoms with Crippen molar-refractivity contribution in [3.8, 4) is 0 Å². The Bertz CT molecular complexity index is 493. The molecule has 20 heavy (non-hydrogen) atoms. The maximum absolute atomic E-state index is 13.3. The number of hydrogen-bond acceptors (Lipinski definition) is 4. The number of alkyl halides is 2. The Morgan fingerprint density at radius 3 is 2.50 bits per heavy atom. The largest absolute Gasteiger partial charge is 0.314 e. The van der Waals surface area contributed by atoms with Crippen LogP contribution in [0.3, 0.4) is 0 Å². The highest BCUT2D eigenvalue weighted by molar-refractivity contribution is 5.43. The Morgan fingerprint density at radius 1 is 1.30 bits per heavy atom. The van der Waals surface area contributed by atoms with E-state index in [9.17, 15) is 23.3 Å². The molecule has 0 spiro atoms. The van der Waals surface area contributed by atoms with E-state index in [4.69, 9.17) is 0 Å². The third kappa shape index (κ3) is 3.07. The zero-order chi connectivity index (χ0) is 14.7. The van der Waals surface area contributed by atoms with Crippen LogP contribution in [0.4, 0.5) is 18.9 Å². The van der Waals surface area contributed by atoms with Crippen LogP contribution in [0.2, 0.25) is 0 Å². The third-order valence-corrected chi connectivity index (χ3v) is 3.29. The molecular formula is C12H14F3N3O2. The number of benzene rings is 1. The van der Waals surface area contributed by atoms with E-state index in [-0.39, 0.29) is 5.56 Å². The molecule has 1 heterocycles. The molecule has 0 radical (unpaired) electrons. The molecule has 1 N–H and O–H groups in total. The number of piperazine rings is 1. The maximum atomic E-state index is 13.3. The molecule has 1 saturated heterocycles. The van der Waals surface area contributed by atoms with E-state index in [2.05, 4.69) is 5.32 Å². The molecular weight excluding hydrogens is 275 g/mol. The van der Waals surface area contributed by atoms with Gasteiger partial charge in [-0.3, -0.25) is 15.0 Å². The summed E-state index contributed by atoms with van der Waals surface area (Å²) in [4.78, 5) is 11.6. The van der Waals surface area contributed by atoms with E-state index in [0.717, 1.165) is 12.1 Å². The molecule has 1 aromatic rings. The zero-order valence-corrected chi connectivity index (χ0v) is 10.6. The molecule has 0 saturated carbocycles. The van der Waals surface area contributed by atoms with Gasteiger partial charge in [0.1, 0.15) is 11.9 Å². The van der Waals surface area contributed by atoms with Gasteiger partial charge in [-0.25, -0.2) is 13.2 Å². The molecule has 1 atom stereocenters. The van der Waals surface area contributed by atoms with Crippen molar-refractivity contribution < 1.29 is 18.1 Å². The fourth-order valence-electron chi connectivity index (χ4n) is 2.38. The van der Waals surface area contributed by atoms with Gasteiger partial charge in [0.2, 0.25) is 0 Å². The average Bonchev–Trinajstić information content (AvgIpc) is 2.41. The molecule has 1 aliphatic heterocycles. The molecule has 1 fully saturated rings. The van der Waals surface area contributed by atoms with Gasteiger partial charge in [0.05, 0.1) is 16.6 Å². The summed E-state index contributed by atoms with van der Waals surface area (Å²) in [5.74, 6) is -0.811. The van der Waals surface area contributed by atoms with E-state index in [1.54, 1.807) is 0 Å². The first kappa shape index (κ1) is 14.7. The lowest BCUT2D eigenvalue weighted by Gasteiger charge is -2.34. The third-order valence-electron chi connectivity index (χ3n) is 3.29. The number of rotatable bonds is 4. The number of nitrogens with one attached hydrogen (secondary N) is 1. The number of nitro benzene ring substituents is 1. The van der Waals surface area contributed by atoms with Crippen molar-refractivity contribution in [3.05, 3.63) is 39.7 Å². The summed E-state index contributed by atoms with van der Waals surface area (Å²) in [6, 6.07) is 1.34. The van der Waals surface area contributed by atoms with Crippen LogP contribution < -0.4 is 5.32 Å². The second kappa shape index (κ2) is 6.19. The summed E-state index contributed by atoms with van der Waals surface area (Å²) >= 11 is 0. The van der Waals surface area contributed by atoms with Gasteiger partial charge in [-0.2, -0.15) is 0 Å². The number of nitrogens with zero attached hydrogens (tertiary/aromatic N) is 2. The predicted molar refractivity (Wildman–Crippen MR) is 66.2 cm³/mol. The van der Waals surface area contributed by atoms with Crippen LogP contribution in [0.15, 0.2) is 18.2 Å². The van der Waals surface area contributed by atoms with Crippen LogP contribution in [-0.4, -0.2) is 42.4 Å². The molecule has 1 aliphatic rings. The van der Waals surface area contributed by atoms with Crippen molar-refractivity contribution in [3.63, 3.8) is 0 Å². The van der Waals surface area contributed by atoms with Crippen molar-refractivity contribution in [1.82, 2.24) is 10.2 Å². The monoisotopic (exact) mass is 289 g/mol. The van der Waals surface area contributed by atoms with Crippen molar-refractivity contribution in [2.24, 2.45) is 0 Å². The SMILES string of the molecule is O=[N+]([O-])c1cc(F)ccc1[C@H](C(F)F)N1CCNCC1. The highest BCUT2D eigenvalue weighted by Crippen LogP contribution is 2.34. The first-order valence-electron chi connectivity index (χ1n) is 6.17. The molecule has 0 unspecified atom stereocenters. The van der Waals surface area contributed by atoms with E-state index in [0.29, 0.717) is 32.2 Å². The number of halogens is 3. The van der Waals surface area contributed by atoms with Crippen molar-refractivity contribution in [2.75, 3.05) is 26.2 Å². The lowest BCUT2D eigenvalue weighted by atomic mass is 10.0. The Kier molecular flexibility index (Phi) is 4.56. The van der Waals surface area contributed by atoms with Crippen LogP contribution in [0, 0.1) is 15.9 Å². The first-order chi connectivity index (χ1) is 9.50. The highest BCUT2D eigenvalue weighted by atomic mass is 19.3. The van der Waals surface area contributed by atoms with Gasteiger partial charge in [-0.05, 0) is 12.1 Å². The van der Waals surface area contributed by atoms with Crippen LogP contribution in [0.1, 0.15) is 11.6 Å². The normalized spacial score (nSPS) is 18.2. The fraction of sp³-hybridized carbons (Fsp3) is 0.500. The molecule has 110 valence electrons. The van der Waals surface area contributed by atoms with Crippen molar-refractivity contribution >= 4 is 5.69 Å². The summed E-state index contributed by atoms with van der Waals surface area (Å²) in [6.45, 7) is 1.81. The number of hydrogen-bond donors (Lipinski definition) is 1. The van der Waals surface area contributed by atoms with E-state index in [1.165, 1.54) is 4.90 Å². The molecule has 2 rings (SSSR count). The molecule has 1 aromatic carbocycles. The standard InChI is InChI=1S/C12H14F3N3O2/c13-8-1-2-9(10(7-8)18(19)20)11(12(14)15)17-5-3-16-4-6-17/h1-2,7,11-12,16H,3-6H2/t11-/m1/s1. The van der Waals surface area contributed by atoms with Crippen LogP contribution >= 0.6 is 0 Å². The van der Waals surface area contributed by atoms with Crippen molar-refractivity contribution in [2.45, 2.75) is 12.5 Å². The maximum Gasteiger partial charge on any atom is 0.277 e. The number of nitro groups is 1. The average molecular weight is 289 g/mol. The van der Waals surface area contributed by atoms with Crippen LogP contribution in [0.25, 0.3) is 0 Å². The zero-order valence-electron chi connectivity index (χ0n) is 10.6. The summed E-state index contributed by atoms with van der Waals surface area (Å²) < 4.78 is 39.8. The Balaban J connectivity index is 2.40. The molecule has 8 heteroatoms. The van der Waals surface area contributed by atoms with Crippen molar-refractivity contribution in [1.29, 1.82) is 0 Å². The Labute approximate surface area is 113 Å². The summed E-state index contributed by atoms with van der Waals surface area (Å²) in [5.41, 5.74) is -0.748. The quantitative estimate of drug-likeness (QED) is 0.680. The minimum atomic E-state index is -2.78. The van der Waals surface area contributed by atoms with Crippen LogP contribution in [-0.2, 0) is 0 Å². The van der Waals surface area contributed by atoms with Gasteiger partial charge in [0.15, 0.2) is 0 Å². The molecule has 0 bridgehead atoms. The van der Waals surface area contributed by atoms with Gasteiger partial charge in [-0.15, -0.1) is 0 Å². The minimum absolute atomic E-state index is 0.145. The van der Waals surface area contributed by atoms with Crippen LogP contribution in [0.5, 0.6) is 0 Å². The van der Waals surface area contributed by atoms with E-state index in [1.807, 2.05) is 0 Å². The highest BCUT2D eigenvalue weighted by Gasteiger charge is 2.35.